The number of nitrogens with zero attached hydrogens (tertiary/aromatic N) is 3. The van der Waals surface area contributed by atoms with E-state index in [1.54, 1.807) is 6.07 Å². The highest BCUT2D eigenvalue weighted by molar-refractivity contribution is 5.97. The largest absolute Gasteiger partial charge is 0.504 e. The van der Waals surface area contributed by atoms with Crippen molar-refractivity contribution in [1.29, 1.82) is 0 Å². The second-order valence-corrected chi connectivity index (χ2v) is 3.76. The highest BCUT2D eigenvalue weighted by Crippen LogP contribution is 2.33. The molecule has 3 aromatic rings. The molecule has 0 radical (unpaired) electrons. The van der Waals surface area contributed by atoms with Gasteiger partial charge in [0, 0.05) is 5.56 Å². The summed E-state index contributed by atoms with van der Waals surface area (Å²) in [7, 11) is 0. The molecule has 0 amide bonds. The lowest BCUT2D eigenvalue weighted by Crippen LogP contribution is -1.92. The number of phenols is 2. The number of aromatic nitrogens is 4. The number of rotatable bonds is 1. The number of aromatic hydroxyl groups is 2. The molecular weight excluding hydrogens is 234 g/mol. The van der Waals surface area contributed by atoms with Crippen LogP contribution in [0.4, 0.5) is 5.82 Å². The number of benzene rings is 1. The predicted octanol–water partition coefficient (Wildman–Crippen LogP) is 1.01. The van der Waals surface area contributed by atoms with Crippen molar-refractivity contribution in [3.8, 4) is 22.8 Å². The molecule has 0 saturated heterocycles. The van der Waals surface area contributed by atoms with E-state index in [1.165, 1.54) is 18.5 Å². The second-order valence-electron chi connectivity index (χ2n) is 3.76. The van der Waals surface area contributed by atoms with Gasteiger partial charge in [0.2, 0.25) is 0 Å². The Kier molecular flexibility index (Phi) is 2.06. The second kappa shape index (κ2) is 3.59. The maximum absolute atomic E-state index is 9.49. The molecule has 2 aromatic heterocycles. The number of phenolic OH excluding ortho intramolecular Hbond substituents is 2. The Hall–Kier alpha value is -2.83. The van der Waals surface area contributed by atoms with Gasteiger partial charge in [-0.1, -0.05) is 0 Å². The van der Waals surface area contributed by atoms with E-state index < -0.39 is 0 Å². The van der Waals surface area contributed by atoms with E-state index in [-0.39, 0.29) is 11.5 Å². The summed E-state index contributed by atoms with van der Waals surface area (Å²) in [4.78, 5) is 7.91. The predicted molar refractivity (Wildman–Crippen MR) is 64.9 cm³/mol. The van der Waals surface area contributed by atoms with Crippen molar-refractivity contribution in [3.05, 3.63) is 24.5 Å². The van der Waals surface area contributed by atoms with E-state index in [2.05, 4.69) is 20.2 Å². The van der Waals surface area contributed by atoms with Crippen LogP contribution in [0.3, 0.4) is 0 Å². The van der Waals surface area contributed by atoms with Gasteiger partial charge in [0.05, 0.1) is 5.39 Å². The highest BCUT2D eigenvalue weighted by Gasteiger charge is 2.13. The first kappa shape index (κ1) is 10.3. The standard InChI is InChI=1S/C11H9N5O2/c12-10-8-9(15-16-11(8)14-4-13-10)5-1-2-6(17)7(18)3-5/h1-4,17-18H,(H3,12,13,14,15,16). The fourth-order valence-electron chi connectivity index (χ4n) is 1.76. The van der Waals surface area contributed by atoms with Crippen LogP contribution in [0.25, 0.3) is 22.3 Å². The van der Waals surface area contributed by atoms with Crippen LogP contribution in [0.5, 0.6) is 11.5 Å². The molecule has 0 unspecified atom stereocenters. The number of nitrogen functional groups attached to an aromatic ring is 1. The molecule has 0 aliphatic carbocycles. The smallest absolute Gasteiger partial charge is 0.161 e. The van der Waals surface area contributed by atoms with Crippen molar-refractivity contribution in [2.75, 3.05) is 5.73 Å². The highest BCUT2D eigenvalue weighted by atomic mass is 16.3. The van der Waals surface area contributed by atoms with Crippen LogP contribution in [-0.4, -0.2) is 30.4 Å². The van der Waals surface area contributed by atoms with Crippen molar-refractivity contribution in [2.45, 2.75) is 0 Å². The molecule has 0 aliphatic rings. The molecule has 2 heterocycles. The first-order valence-electron chi connectivity index (χ1n) is 5.13. The van der Waals surface area contributed by atoms with E-state index in [9.17, 15) is 10.2 Å². The van der Waals surface area contributed by atoms with Crippen LogP contribution in [-0.2, 0) is 0 Å². The van der Waals surface area contributed by atoms with Gasteiger partial charge < -0.3 is 15.9 Å². The average molecular weight is 243 g/mol. The normalized spacial score (nSPS) is 10.9. The monoisotopic (exact) mass is 243 g/mol. The zero-order valence-electron chi connectivity index (χ0n) is 9.12. The minimum Gasteiger partial charge on any atom is -0.504 e. The first-order chi connectivity index (χ1) is 8.66. The van der Waals surface area contributed by atoms with Crippen LogP contribution >= 0.6 is 0 Å². The third-order valence-corrected chi connectivity index (χ3v) is 2.64. The van der Waals surface area contributed by atoms with Crippen molar-refractivity contribution < 1.29 is 10.2 Å². The average Bonchev–Trinajstić information content (AvgIpc) is 2.78. The Morgan fingerprint density at radius 3 is 2.72 bits per heavy atom. The number of H-pyrrole nitrogens is 1. The lowest BCUT2D eigenvalue weighted by atomic mass is 10.1. The van der Waals surface area contributed by atoms with E-state index in [4.69, 9.17) is 5.73 Å². The van der Waals surface area contributed by atoms with E-state index in [0.717, 1.165) is 0 Å². The topological polar surface area (TPSA) is 121 Å². The third-order valence-electron chi connectivity index (χ3n) is 2.64. The van der Waals surface area contributed by atoms with Crippen LogP contribution < -0.4 is 5.73 Å². The summed E-state index contributed by atoms with van der Waals surface area (Å²) in [5.41, 5.74) is 7.44. The number of nitrogens with one attached hydrogen (secondary N) is 1. The Labute approximate surface area is 101 Å². The molecule has 0 fully saturated rings. The summed E-state index contributed by atoms with van der Waals surface area (Å²) in [6.07, 6.45) is 1.34. The lowest BCUT2D eigenvalue weighted by molar-refractivity contribution is 0.404. The molecule has 0 aliphatic heterocycles. The Bertz CT molecular complexity index is 737. The van der Waals surface area contributed by atoms with Crippen LogP contribution in [0.2, 0.25) is 0 Å². The minimum absolute atomic E-state index is 0.192. The molecule has 0 bridgehead atoms. The van der Waals surface area contributed by atoms with Crippen molar-refractivity contribution >= 4 is 16.9 Å². The van der Waals surface area contributed by atoms with Crippen molar-refractivity contribution in [1.82, 2.24) is 20.2 Å². The zero-order chi connectivity index (χ0) is 12.7. The number of hydrogen-bond donors (Lipinski definition) is 4. The molecule has 0 spiro atoms. The summed E-state index contributed by atoms with van der Waals surface area (Å²) in [6.45, 7) is 0. The molecule has 18 heavy (non-hydrogen) atoms. The summed E-state index contributed by atoms with van der Waals surface area (Å²) in [5.74, 6) is -0.113. The fourth-order valence-corrected chi connectivity index (χ4v) is 1.76. The van der Waals surface area contributed by atoms with Gasteiger partial charge in [-0.2, -0.15) is 5.10 Å². The maximum atomic E-state index is 9.49. The molecule has 0 atom stereocenters. The van der Waals surface area contributed by atoms with Gasteiger partial charge in [-0.15, -0.1) is 0 Å². The van der Waals surface area contributed by atoms with Crippen LogP contribution in [0.15, 0.2) is 24.5 Å². The molecule has 0 saturated carbocycles. The summed E-state index contributed by atoms with van der Waals surface area (Å²) < 4.78 is 0. The molecule has 7 nitrogen and oxygen atoms in total. The Balaban J connectivity index is 2.28. The van der Waals surface area contributed by atoms with Gasteiger partial charge in [-0.25, -0.2) is 9.97 Å². The van der Waals surface area contributed by atoms with E-state index in [0.29, 0.717) is 28.1 Å². The number of anilines is 1. The number of nitrogens with two attached hydrogens (primary N) is 1. The van der Waals surface area contributed by atoms with Crippen LogP contribution in [0, 0.1) is 0 Å². The fraction of sp³-hybridized carbons (Fsp3) is 0. The summed E-state index contributed by atoms with van der Waals surface area (Å²) in [6, 6.07) is 4.40. The zero-order valence-corrected chi connectivity index (χ0v) is 9.12. The number of hydrogen-bond acceptors (Lipinski definition) is 6. The SMILES string of the molecule is Nc1ncnc2[nH]nc(-c3ccc(O)c(O)c3)c12. The summed E-state index contributed by atoms with van der Waals surface area (Å²) >= 11 is 0. The van der Waals surface area contributed by atoms with Gasteiger partial charge in [0.25, 0.3) is 0 Å². The number of aromatic amines is 1. The van der Waals surface area contributed by atoms with Crippen molar-refractivity contribution in [3.63, 3.8) is 0 Å². The third kappa shape index (κ3) is 1.41. The van der Waals surface area contributed by atoms with Gasteiger partial charge in [-0.05, 0) is 18.2 Å². The molecule has 5 N–H and O–H groups in total. The molecule has 3 rings (SSSR count). The maximum Gasteiger partial charge on any atom is 0.161 e. The first-order valence-corrected chi connectivity index (χ1v) is 5.13. The van der Waals surface area contributed by atoms with E-state index >= 15 is 0 Å². The minimum atomic E-state index is -0.223. The quantitative estimate of drug-likeness (QED) is 0.473. The van der Waals surface area contributed by atoms with Gasteiger partial charge >= 0.3 is 0 Å². The summed E-state index contributed by atoms with van der Waals surface area (Å²) in [5, 5.41) is 26.2. The van der Waals surface area contributed by atoms with Crippen LogP contribution in [0.1, 0.15) is 0 Å². The number of fused-ring (bicyclic) bond motifs is 1. The Morgan fingerprint density at radius 1 is 1.11 bits per heavy atom. The molecule has 1 aromatic carbocycles. The van der Waals surface area contributed by atoms with Gasteiger partial charge in [-0.3, -0.25) is 5.10 Å². The van der Waals surface area contributed by atoms with Gasteiger partial charge in [0.15, 0.2) is 17.1 Å². The molecular formula is C11H9N5O2. The van der Waals surface area contributed by atoms with E-state index in [1.807, 2.05) is 0 Å². The molecule has 7 heteroatoms. The van der Waals surface area contributed by atoms with Crippen molar-refractivity contribution in [2.24, 2.45) is 0 Å². The Morgan fingerprint density at radius 2 is 1.94 bits per heavy atom. The molecule has 90 valence electrons. The lowest BCUT2D eigenvalue weighted by Gasteiger charge is -2.02. The van der Waals surface area contributed by atoms with Gasteiger partial charge in [0.1, 0.15) is 17.8 Å².